The molecule has 1 aromatic heterocycles. The summed E-state index contributed by atoms with van der Waals surface area (Å²) in [6.07, 6.45) is 5.69. The minimum atomic E-state index is 0.722. The summed E-state index contributed by atoms with van der Waals surface area (Å²) < 4.78 is 1.96. The van der Waals surface area contributed by atoms with E-state index in [2.05, 4.69) is 54.7 Å². The Hall–Kier alpha value is -1.88. The first-order valence-electron chi connectivity index (χ1n) is 8.67. The zero-order chi connectivity index (χ0) is 17.5. The average molecular weight is 345 g/mol. The van der Waals surface area contributed by atoms with Crippen molar-refractivity contribution in [2.24, 2.45) is 0 Å². The van der Waals surface area contributed by atoms with E-state index in [1.165, 1.54) is 24.0 Å². The highest BCUT2D eigenvalue weighted by molar-refractivity contribution is 7.80. The topological polar surface area (TPSA) is 33.1 Å². The van der Waals surface area contributed by atoms with Crippen LogP contribution in [-0.2, 0) is 19.5 Å². The Morgan fingerprint density at radius 2 is 1.96 bits per heavy atom. The third-order valence-electron chi connectivity index (χ3n) is 4.15. The predicted molar refractivity (Wildman–Crippen MR) is 105 cm³/mol. The predicted octanol–water partition coefficient (Wildman–Crippen LogP) is 4.38. The number of unbranched alkanes of at least 4 members (excludes halogenated alkanes) is 1. The number of aryl methyl sites for hydroxylation is 3. The first-order chi connectivity index (χ1) is 11.5. The van der Waals surface area contributed by atoms with Crippen molar-refractivity contribution in [1.82, 2.24) is 14.7 Å². The summed E-state index contributed by atoms with van der Waals surface area (Å²) in [5.41, 5.74) is 4.68. The Labute approximate surface area is 150 Å². The zero-order valence-corrected chi connectivity index (χ0v) is 16.0. The van der Waals surface area contributed by atoms with Crippen LogP contribution in [0, 0.1) is 6.92 Å². The van der Waals surface area contributed by atoms with Crippen LogP contribution < -0.4 is 5.32 Å². The Bertz CT molecular complexity index is 661. The van der Waals surface area contributed by atoms with Crippen molar-refractivity contribution in [3.05, 3.63) is 47.3 Å². The lowest BCUT2D eigenvalue weighted by Gasteiger charge is -2.21. The van der Waals surface area contributed by atoms with Crippen LogP contribution in [0.1, 0.15) is 43.5 Å². The third kappa shape index (κ3) is 5.06. The fourth-order valence-corrected chi connectivity index (χ4v) is 2.74. The molecule has 0 unspecified atom stereocenters. The van der Waals surface area contributed by atoms with Crippen LogP contribution in [0.15, 0.2) is 30.5 Å². The molecule has 5 heteroatoms. The largest absolute Gasteiger partial charge is 0.348 e. The van der Waals surface area contributed by atoms with Gasteiger partial charge in [-0.3, -0.25) is 4.68 Å². The molecule has 2 aromatic rings. The monoisotopic (exact) mass is 344 g/mol. The van der Waals surface area contributed by atoms with Gasteiger partial charge in [-0.15, -0.1) is 0 Å². The van der Waals surface area contributed by atoms with E-state index in [1.807, 2.05) is 23.6 Å². The van der Waals surface area contributed by atoms with Crippen LogP contribution in [0.2, 0.25) is 0 Å². The van der Waals surface area contributed by atoms with E-state index in [9.17, 15) is 0 Å². The molecule has 1 heterocycles. The molecule has 0 saturated carbocycles. The van der Waals surface area contributed by atoms with Gasteiger partial charge >= 0.3 is 0 Å². The molecule has 1 aromatic carbocycles. The van der Waals surface area contributed by atoms with Crippen LogP contribution in [0.3, 0.4) is 0 Å². The normalized spacial score (nSPS) is 10.7. The first kappa shape index (κ1) is 18.5. The summed E-state index contributed by atoms with van der Waals surface area (Å²) in [6.45, 7) is 8.00. The second-order valence-electron chi connectivity index (χ2n) is 6.18. The summed E-state index contributed by atoms with van der Waals surface area (Å²) in [7, 11) is 2.01. The fourth-order valence-electron chi connectivity index (χ4n) is 2.56. The summed E-state index contributed by atoms with van der Waals surface area (Å²) in [5.74, 6) is 0. The Morgan fingerprint density at radius 3 is 2.54 bits per heavy atom. The Kier molecular flexibility index (Phi) is 6.79. The molecule has 0 spiro atoms. The highest BCUT2D eigenvalue weighted by Gasteiger charge is 2.10. The van der Waals surface area contributed by atoms with Crippen molar-refractivity contribution in [2.75, 3.05) is 12.4 Å². The van der Waals surface area contributed by atoms with Crippen LogP contribution in [0.25, 0.3) is 0 Å². The van der Waals surface area contributed by atoms with Crippen molar-refractivity contribution in [3.63, 3.8) is 0 Å². The Balaban J connectivity index is 1.92. The lowest BCUT2D eigenvalue weighted by Crippen LogP contribution is -2.30. The molecule has 24 heavy (non-hydrogen) atoms. The Morgan fingerprint density at radius 1 is 1.25 bits per heavy atom. The van der Waals surface area contributed by atoms with E-state index in [4.69, 9.17) is 12.2 Å². The van der Waals surface area contributed by atoms with Gasteiger partial charge in [0.1, 0.15) is 0 Å². The maximum Gasteiger partial charge on any atom is 0.173 e. The fraction of sp³-hybridized carbons (Fsp3) is 0.474. The zero-order valence-electron chi connectivity index (χ0n) is 15.2. The van der Waals surface area contributed by atoms with Crippen LogP contribution in [0.4, 0.5) is 5.69 Å². The van der Waals surface area contributed by atoms with Gasteiger partial charge in [0.25, 0.3) is 0 Å². The number of hydrogen-bond acceptors (Lipinski definition) is 2. The smallest absolute Gasteiger partial charge is 0.173 e. The van der Waals surface area contributed by atoms with Gasteiger partial charge in [0.05, 0.1) is 5.69 Å². The number of thiocarbonyl (C=S) groups is 1. The average Bonchev–Trinajstić information content (AvgIpc) is 2.94. The van der Waals surface area contributed by atoms with Crippen LogP contribution in [0.5, 0.6) is 0 Å². The van der Waals surface area contributed by atoms with Gasteiger partial charge in [-0.25, -0.2) is 0 Å². The minimum Gasteiger partial charge on any atom is -0.348 e. The lowest BCUT2D eigenvalue weighted by molar-refractivity contribution is 0.506. The van der Waals surface area contributed by atoms with Gasteiger partial charge in [-0.1, -0.05) is 25.5 Å². The molecule has 0 amide bonds. The quantitative estimate of drug-likeness (QED) is 0.756. The van der Waals surface area contributed by atoms with Gasteiger partial charge in [0.2, 0.25) is 0 Å². The highest BCUT2D eigenvalue weighted by Crippen LogP contribution is 2.14. The second-order valence-corrected chi connectivity index (χ2v) is 6.57. The van der Waals surface area contributed by atoms with Gasteiger partial charge in [0, 0.05) is 37.6 Å². The maximum absolute atomic E-state index is 5.53. The molecule has 0 radical (unpaired) electrons. The van der Waals surface area contributed by atoms with E-state index < -0.39 is 0 Å². The summed E-state index contributed by atoms with van der Waals surface area (Å²) in [6, 6.07) is 8.56. The van der Waals surface area contributed by atoms with E-state index in [-0.39, 0.29) is 0 Å². The van der Waals surface area contributed by atoms with E-state index >= 15 is 0 Å². The molecule has 0 aliphatic carbocycles. The molecule has 0 bridgehead atoms. The summed E-state index contributed by atoms with van der Waals surface area (Å²) in [5, 5.41) is 8.52. The molecule has 0 atom stereocenters. The molecule has 130 valence electrons. The summed E-state index contributed by atoms with van der Waals surface area (Å²) in [4.78, 5) is 2.05. The molecule has 1 N–H and O–H groups in total. The number of nitrogens with one attached hydrogen (secondary N) is 1. The van der Waals surface area contributed by atoms with Gasteiger partial charge < -0.3 is 10.2 Å². The molecule has 4 nitrogen and oxygen atoms in total. The number of aromatic nitrogens is 2. The summed E-state index contributed by atoms with van der Waals surface area (Å²) >= 11 is 5.53. The van der Waals surface area contributed by atoms with Crippen molar-refractivity contribution in [1.29, 1.82) is 0 Å². The van der Waals surface area contributed by atoms with Crippen molar-refractivity contribution in [3.8, 4) is 0 Å². The number of hydrogen-bond donors (Lipinski definition) is 1. The van der Waals surface area contributed by atoms with Gasteiger partial charge in [-0.2, -0.15) is 5.10 Å². The molecule has 0 saturated heterocycles. The molecular weight excluding hydrogens is 316 g/mol. The van der Waals surface area contributed by atoms with Crippen molar-refractivity contribution >= 4 is 23.0 Å². The third-order valence-corrected chi connectivity index (χ3v) is 4.56. The molecule has 0 aliphatic heterocycles. The standard InChI is InChI=1S/C19H28N4S/c1-5-7-8-16-9-11-18(12-10-16)20-19(24)22(4)13-17-14-23(6-2)21-15(17)3/h9-12,14H,5-8,13H2,1-4H3,(H,20,24). The number of benzene rings is 1. The van der Waals surface area contributed by atoms with Gasteiger partial charge in [0.15, 0.2) is 5.11 Å². The molecule has 2 rings (SSSR count). The molecule has 0 aliphatic rings. The maximum atomic E-state index is 5.53. The number of anilines is 1. The number of nitrogens with zero attached hydrogens (tertiary/aromatic N) is 3. The van der Waals surface area contributed by atoms with Gasteiger partial charge in [-0.05, 0) is 56.6 Å². The van der Waals surface area contributed by atoms with Crippen LogP contribution in [-0.4, -0.2) is 26.8 Å². The van der Waals surface area contributed by atoms with E-state index in [0.717, 1.165) is 36.0 Å². The first-order valence-corrected chi connectivity index (χ1v) is 9.08. The lowest BCUT2D eigenvalue weighted by atomic mass is 10.1. The number of rotatable bonds is 7. The molecule has 0 fully saturated rings. The minimum absolute atomic E-state index is 0.722. The highest BCUT2D eigenvalue weighted by atomic mass is 32.1. The van der Waals surface area contributed by atoms with E-state index in [1.54, 1.807) is 0 Å². The SMILES string of the molecule is CCCCc1ccc(NC(=S)N(C)Cc2cn(CC)nc2C)cc1. The van der Waals surface area contributed by atoms with Crippen LogP contribution >= 0.6 is 12.2 Å². The molecular formula is C19H28N4S. The van der Waals surface area contributed by atoms with Crippen molar-refractivity contribution in [2.45, 2.75) is 53.1 Å². The van der Waals surface area contributed by atoms with Crippen molar-refractivity contribution < 1.29 is 0 Å². The second kappa shape index (κ2) is 8.83. The van der Waals surface area contributed by atoms with E-state index in [0.29, 0.717) is 0 Å².